The fourth-order valence-corrected chi connectivity index (χ4v) is 11.7. The lowest BCUT2D eigenvalue weighted by Gasteiger charge is -2.42. The predicted octanol–water partition coefficient (Wildman–Crippen LogP) is 7.45. The number of methoxy groups -OCH3 is 1. The van der Waals surface area contributed by atoms with Crippen molar-refractivity contribution < 1.29 is 13.6 Å². The lowest BCUT2D eigenvalue weighted by molar-refractivity contribution is 0.129. The number of furan rings is 1. The van der Waals surface area contributed by atoms with Crippen molar-refractivity contribution in [3.05, 3.63) is 48.6 Å². The van der Waals surface area contributed by atoms with E-state index < -0.39 is 8.32 Å². The number of nitrogens with two attached hydrogens (primary N) is 1. The van der Waals surface area contributed by atoms with Gasteiger partial charge in [-0.15, -0.1) is 0 Å². The van der Waals surface area contributed by atoms with E-state index in [2.05, 4.69) is 62.1 Å². The summed E-state index contributed by atoms with van der Waals surface area (Å²) in [7, 11) is -0.179. The van der Waals surface area contributed by atoms with E-state index in [0.29, 0.717) is 29.0 Å². The molecule has 0 aliphatic heterocycles. The summed E-state index contributed by atoms with van der Waals surface area (Å²) in [6.45, 7) is 15.1. The zero-order valence-corrected chi connectivity index (χ0v) is 25.4. The molecule has 0 fully saturated rings. The van der Waals surface area contributed by atoms with Crippen LogP contribution in [0.1, 0.15) is 60.2 Å². The van der Waals surface area contributed by atoms with E-state index in [1.54, 1.807) is 19.6 Å². The molecule has 0 spiro atoms. The molecule has 1 aromatic carbocycles. The first-order valence-corrected chi connectivity index (χ1v) is 16.1. The Hall–Kier alpha value is -3.01. The molecule has 9 heteroatoms. The normalized spacial score (nSPS) is 12.5. The molecule has 0 aliphatic carbocycles. The molecule has 0 unspecified atom stereocenters. The highest BCUT2D eigenvalue weighted by atomic mass is 28.4. The van der Waals surface area contributed by atoms with Crippen LogP contribution in [-0.2, 0) is 22.3 Å². The van der Waals surface area contributed by atoms with Gasteiger partial charge in [0.25, 0.3) is 0 Å². The highest BCUT2D eigenvalue weighted by molar-refractivity contribution is 6.77. The molecular formula is C30H43N5O3Si. The van der Waals surface area contributed by atoms with Crippen molar-refractivity contribution in [1.82, 2.24) is 19.5 Å². The average molecular weight is 550 g/mol. The lowest BCUT2D eigenvalue weighted by Crippen LogP contribution is -2.47. The monoisotopic (exact) mass is 549 g/mol. The number of hydrogen-bond donors (Lipinski definition) is 1. The van der Waals surface area contributed by atoms with Gasteiger partial charge in [-0.05, 0) is 47.7 Å². The van der Waals surface area contributed by atoms with Gasteiger partial charge >= 0.3 is 0 Å². The molecule has 0 amide bonds. The minimum Gasteiger partial charge on any atom is -0.464 e. The van der Waals surface area contributed by atoms with Gasteiger partial charge in [0, 0.05) is 37.3 Å². The van der Waals surface area contributed by atoms with Crippen molar-refractivity contribution in [3.8, 4) is 22.6 Å². The number of imidazole rings is 1. The average Bonchev–Trinajstić information content (AvgIpc) is 3.50. The Kier molecular flexibility index (Phi) is 9.25. The zero-order chi connectivity index (χ0) is 28.2. The number of unbranched alkanes of at least 4 members (excludes halogenated alkanes) is 1. The number of aryl methyl sites for hydroxylation is 1. The molecule has 4 rings (SSSR count). The maximum Gasteiger partial charge on any atom is 0.220 e. The second kappa shape index (κ2) is 12.4. The summed E-state index contributed by atoms with van der Waals surface area (Å²) < 4.78 is 20.2. The number of nitrogens with zero attached hydrogens (tertiary/aromatic N) is 4. The van der Waals surface area contributed by atoms with Crippen LogP contribution in [-0.4, -0.2) is 41.6 Å². The van der Waals surface area contributed by atoms with Gasteiger partial charge in [0.1, 0.15) is 18.1 Å². The maximum atomic E-state index is 6.79. The molecule has 8 nitrogen and oxygen atoms in total. The Morgan fingerprint density at radius 2 is 1.72 bits per heavy atom. The number of benzene rings is 1. The van der Waals surface area contributed by atoms with Crippen LogP contribution >= 0.6 is 0 Å². The lowest BCUT2D eigenvalue weighted by atomic mass is 10.1. The Labute approximate surface area is 233 Å². The van der Waals surface area contributed by atoms with Gasteiger partial charge in [-0.2, -0.15) is 0 Å². The first kappa shape index (κ1) is 29.0. The molecule has 0 radical (unpaired) electrons. The first-order valence-electron chi connectivity index (χ1n) is 14.0. The van der Waals surface area contributed by atoms with E-state index in [0.717, 1.165) is 59.6 Å². The molecule has 0 bridgehead atoms. The minimum absolute atomic E-state index is 0.219. The van der Waals surface area contributed by atoms with Crippen LogP contribution in [0.2, 0.25) is 16.6 Å². The van der Waals surface area contributed by atoms with Crippen LogP contribution in [0.25, 0.3) is 33.6 Å². The van der Waals surface area contributed by atoms with Crippen molar-refractivity contribution >= 4 is 25.2 Å². The van der Waals surface area contributed by atoms with Gasteiger partial charge in [0.2, 0.25) is 5.95 Å². The number of aromatic nitrogens is 4. The molecule has 4 aromatic rings. The predicted molar refractivity (Wildman–Crippen MR) is 160 cm³/mol. The Bertz CT molecular complexity index is 1360. The van der Waals surface area contributed by atoms with E-state index in [1.807, 2.05) is 24.3 Å². The molecule has 39 heavy (non-hydrogen) atoms. The molecule has 0 aliphatic rings. The van der Waals surface area contributed by atoms with E-state index >= 15 is 0 Å². The molecular weight excluding hydrogens is 506 g/mol. The van der Waals surface area contributed by atoms with Crippen molar-refractivity contribution in [3.63, 3.8) is 0 Å². The quantitative estimate of drug-likeness (QED) is 0.136. The maximum absolute atomic E-state index is 6.79. The van der Waals surface area contributed by atoms with Gasteiger partial charge in [-0.1, -0.05) is 53.7 Å². The Balaban J connectivity index is 1.63. The smallest absolute Gasteiger partial charge is 0.220 e. The van der Waals surface area contributed by atoms with Crippen LogP contribution in [0.5, 0.6) is 0 Å². The first-order chi connectivity index (χ1) is 18.7. The number of nitrogen functional groups attached to an aromatic ring is 1. The molecule has 0 saturated heterocycles. The summed E-state index contributed by atoms with van der Waals surface area (Å²) in [6, 6.07) is 9.95. The Morgan fingerprint density at radius 3 is 2.38 bits per heavy atom. The summed E-state index contributed by atoms with van der Waals surface area (Å²) in [4.78, 5) is 13.8. The van der Waals surface area contributed by atoms with Crippen molar-refractivity contribution in [1.29, 1.82) is 0 Å². The van der Waals surface area contributed by atoms with Gasteiger partial charge in [-0.25, -0.2) is 15.0 Å². The third-order valence-electron chi connectivity index (χ3n) is 7.81. The van der Waals surface area contributed by atoms with E-state index in [-0.39, 0.29) is 5.95 Å². The van der Waals surface area contributed by atoms with Gasteiger partial charge in [-0.3, -0.25) is 0 Å². The van der Waals surface area contributed by atoms with Gasteiger partial charge in [0.05, 0.1) is 23.3 Å². The van der Waals surface area contributed by atoms with Crippen LogP contribution in [0.3, 0.4) is 0 Å². The van der Waals surface area contributed by atoms with E-state index in [4.69, 9.17) is 24.3 Å². The van der Waals surface area contributed by atoms with Gasteiger partial charge in [0.15, 0.2) is 8.32 Å². The van der Waals surface area contributed by atoms with E-state index in [1.165, 1.54) is 0 Å². The molecule has 0 saturated carbocycles. The zero-order valence-electron chi connectivity index (χ0n) is 24.4. The number of fused-ring (bicyclic) bond motifs is 1. The summed E-state index contributed by atoms with van der Waals surface area (Å²) >= 11 is 0. The number of hydrogen-bond acceptors (Lipinski definition) is 7. The van der Waals surface area contributed by atoms with Crippen molar-refractivity contribution in [2.45, 2.75) is 84.2 Å². The summed E-state index contributed by atoms with van der Waals surface area (Å²) in [5.41, 5.74) is 11.9. The summed E-state index contributed by atoms with van der Waals surface area (Å²) in [5, 5.41) is 1.05. The van der Waals surface area contributed by atoms with E-state index in [9.17, 15) is 0 Å². The molecule has 3 aromatic heterocycles. The minimum atomic E-state index is -1.87. The van der Waals surface area contributed by atoms with Crippen LogP contribution in [0, 0.1) is 0 Å². The van der Waals surface area contributed by atoms with Crippen LogP contribution < -0.4 is 5.73 Å². The second-order valence-corrected chi connectivity index (χ2v) is 16.6. The molecule has 210 valence electrons. The van der Waals surface area contributed by atoms with Crippen LogP contribution in [0.4, 0.5) is 5.95 Å². The molecule has 0 atom stereocenters. The SMILES string of the molecule is COCn1c(CCCCO[Si](C(C)C)(C(C)C)C(C)C)nc(-c2ccc3ccoc3c2)c1-c1ccnc(N)n1. The van der Waals surface area contributed by atoms with Gasteiger partial charge < -0.3 is 23.9 Å². The van der Waals surface area contributed by atoms with Crippen molar-refractivity contribution in [2.24, 2.45) is 0 Å². The highest BCUT2D eigenvalue weighted by Gasteiger charge is 2.44. The molecule has 3 heterocycles. The Morgan fingerprint density at radius 1 is 0.974 bits per heavy atom. The standard InChI is InChI=1S/C30H43N5O3Si/c1-20(2)39(21(3)4,22(5)6)38-16-9-8-10-27-34-28(24-12-11-23-14-17-37-26(23)18-24)29(35(27)19-36-7)25-13-15-32-30(31)33-25/h11-15,17-18,20-22H,8-10,16,19H2,1-7H3,(H2,31,32,33). The van der Waals surface area contributed by atoms with Crippen molar-refractivity contribution in [2.75, 3.05) is 19.5 Å². The number of ether oxygens (including phenoxy) is 1. The summed E-state index contributed by atoms with van der Waals surface area (Å²) in [6.07, 6.45) is 6.11. The largest absolute Gasteiger partial charge is 0.464 e. The second-order valence-electron chi connectivity index (χ2n) is 11.2. The third kappa shape index (κ3) is 5.95. The highest BCUT2D eigenvalue weighted by Crippen LogP contribution is 2.42. The molecule has 2 N–H and O–H groups in total. The van der Waals surface area contributed by atoms with Crippen LogP contribution in [0.15, 0.2) is 47.2 Å². The number of anilines is 1. The fourth-order valence-electron chi connectivity index (χ4n) is 6.16. The summed E-state index contributed by atoms with van der Waals surface area (Å²) in [5.74, 6) is 1.16. The number of rotatable bonds is 13. The third-order valence-corrected chi connectivity index (χ3v) is 13.9. The fraction of sp³-hybridized carbons (Fsp3) is 0.500. The topological polar surface area (TPSA) is 101 Å².